The van der Waals surface area contributed by atoms with Crippen LogP contribution < -0.4 is 5.73 Å². The number of hydrogen-bond donors (Lipinski definition) is 1. The van der Waals surface area contributed by atoms with E-state index < -0.39 is 0 Å². The maximum atomic E-state index is 6.02. The molecule has 2 rings (SSSR count). The third-order valence-electron chi connectivity index (χ3n) is 3.59. The zero-order valence-electron chi connectivity index (χ0n) is 8.99. The van der Waals surface area contributed by atoms with Crippen molar-refractivity contribution >= 4 is 0 Å². The molecule has 2 N–H and O–H groups in total. The minimum atomic E-state index is 0.361. The van der Waals surface area contributed by atoms with E-state index in [0.717, 1.165) is 12.8 Å². The fourth-order valence-electron chi connectivity index (χ4n) is 2.53. The zero-order valence-corrected chi connectivity index (χ0v) is 8.99. The van der Waals surface area contributed by atoms with E-state index >= 15 is 0 Å². The minimum absolute atomic E-state index is 0.361. The van der Waals surface area contributed by atoms with Crippen molar-refractivity contribution in [3.63, 3.8) is 0 Å². The molecule has 0 radical (unpaired) electrons. The second-order valence-corrected chi connectivity index (χ2v) is 5.13. The van der Waals surface area contributed by atoms with Crippen molar-refractivity contribution in [2.75, 3.05) is 0 Å². The van der Waals surface area contributed by atoms with Crippen LogP contribution in [-0.2, 0) is 0 Å². The van der Waals surface area contributed by atoms with Gasteiger partial charge in [-0.15, -0.1) is 0 Å². The normalized spacial score (nSPS) is 31.6. The van der Waals surface area contributed by atoms with Gasteiger partial charge in [-0.05, 0) is 42.2 Å². The lowest BCUT2D eigenvalue weighted by Gasteiger charge is -2.40. The fraction of sp³-hybridized carbons (Fsp3) is 0.667. The first-order valence-electron chi connectivity index (χ1n) is 5.37. The Bertz CT molecular complexity index is 289. The van der Waals surface area contributed by atoms with Gasteiger partial charge >= 0.3 is 0 Å². The van der Waals surface area contributed by atoms with Crippen LogP contribution in [0.4, 0.5) is 0 Å². The van der Waals surface area contributed by atoms with E-state index in [4.69, 9.17) is 10.2 Å². The van der Waals surface area contributed by atoms with Gasteiger partial charge in [0.25, 0.3) is 0 Å². The van der Waals surface area contributed by atoms with Gasteiger partial charge in [-0.3, -0.25) is 0 Å². The summed E-state index contributed by atoms with van der Waals surface area (Å²) < 4.78 is 5.16. The van der Waals surface area contributed by atoms with E-state index in [-0.39, 0.29) is 0 Å². The molecule has 0 aliphatic heterocycles. The summed E-state index contributed by atoms with van der Waals surface area (Å²) in [6.07, 6.45) is 7.08. The van der Waals surface area contributed by atoms with Gasteiger partial charge in [0.1, 0.15) is 0 Å². The molecular formula is C12H19NO. The number of furan rings is 1. The van der Waals surface area contributed by atoms with Gasteiger partial charge in [0, 0.05) is 6.04 Å². The van der Waals surface area contributed by atoms with Crippen LogP contribution in [0.5, 0.6) is 0 Å². The Hall–Kier alpha value is -0.760. The van der Waals surface area contributed by atoms with E-state index in [1.807, 2.05) is 6.26 Å². The Morgan fingerprint density at radius 3 is 2.93 bits per heavy atom. The van der Waals surface area contributed by atoms with Crippen LogP contribution in [0.2, 0.25) is 0 Å². The summed E-state index contributed by atoms with van der Waals surface area (Å²) in [5.74, 6) is 0.560. The molecule has 0 saturated heterocycles. The minimum Gasteiger partial charge on any atom is -0.472 e. The van der Waals surface area contributed by atoms with E-state index in [2.05, 4.69) is 19.9 Å². The lowest BCUT2D eigenvalue weighted by Crippen LogP contribution is -2.36. The van der Waals surface area contributed by atoms with Gasteiger partial charge in [-0.25, -0.2) is 0 Å². The highest BCUT2D eigenvalue weighted by Crippen LogP contribution is 2.46. The van der Waals surface area contributed by atoms with Crippen LogP contribution in [0, 0.1) is 5.41 Å². The Labute approximate surface area is 85.5 Å². The predicted molar refractivity (Wildman–Crippen MR) is 57.1 cm³/mol. The van der Waals surface area contributed by atoms with Crippen molar-refractivity contribution < 1.29 is 4.42 Å². The molecule has 0 amide bonds. The lowest BCUT2D eigenvalue weighted by molar-refractivity contribution is 0.182. The molecule has 1 aromatic rings. The van der Waals surface area contributed by atoms with Gasteiger partial charge in [0.15, 0.2) is 0 Å². The van der Waals surface area contributed by atoms with Crippen molar-refractivity contribution in [1.82, 2.24) is 0 Å². The van der Waals surface area contributed by atoms with Crippen molar-refractivity contribution in [2.24, 2.45) is 11.1 Å². The average Bonchev–Trinajstić information content (AvgIpc) is 2.62. The monoisotopic (exact) mass is 193 g/mol. The van der Waals surface area contributed by atoms with Crippen LogP contribution in [0.15, 0.2) is 23.0 Å². The van der Waals surface area contributed by atoms with E-state index in [1.165, 1.54) is 12.0 Å². The highest BCUT2D eigenvalue weighted by atomic mass is 16.3. The maximum Gasteiger partial charge on any atom is 0.0937 e. The Morgan fingerprint density at radius 2 is 2.29 bits per heavy atom. The van der Waals surface area contributed by atoms with Gasteiger partial charge in [-0.1, -0.05) is 13.8 Å². The van der Waals surface area contributed by atoms with Crippen LogP contribution in [0.25, 0.3) is 0 Å². The Balaban J connectivity index is 2.22. The fourth-order valence-corrected chi connectivity index (χ4v) is 2.53. The highest BCUT2D eigenvalue weighted by molar-refractivity contribution is 5.17. The summed E-state index contributed by atoms with van der Waals surface area (Å²) in [5.41, 5.74) is 7.69. The van der Waals surface area contributed by atoms with Gasteiger partial charge in [0.2, 0.25) is 0 Å². The van der Waals surface area contributed by atoms with Crippen molar-refractivity contribution in [3.8, 4) is 0 Å². The van der Waals surface area contributed by atoms with Crippen LogP contribution in [0.3, 0.4) is 0 Å². The van der Waals surface area contributed by atoms with E-state index in [0.29, 0.717) is 17.4 Å². The molecular weight excluding hydrogens is 174 g/mol. The van der Waals surface area contributed by atoms with Crippen molar-refractivity contribution in [2.45, 2.75) is 45.1 Å². The Kier molecular flexibility index (Phi) is 2.40. The summed E-state index contributed by atoms with van der Waals surface area (Å²) in [7, 11) is 0. The third kappa shape index (κ3) is 1.71. The number of rotatable bonds is 1. The SMILES string of the molecule is CC1(C)CCC(N)CC1c1ccoc1. The summed E-state index contributed by atoms with van der Waals surface area (Å²) in [5, 5.41) is 0. The summed E-state index contributed by atoms with van der Waals surface area (Å²) in [6.45, 7) is 4.66. The number of nitrogens with two attached hydrogens (primary N) is 1. The molecule has 1 fully saturated rings. The molecule has 1 aromatic heterocycles. The maximum absolute atomic E-state index is 6.02. The van der Waals surface area contributed by atoms with Crippen LogP contribution >= 0.6 is 0 Å². The summed E-state index contributed by atoms with van der Waals surface area (Å²) in [6, 6.07) is 2.44. The molecule has 1 aliphatic carbocycles. The van der Waals surface area contributed by atoms with Gasteiger partial charge < -0.3 is 10.2 Å². The lowest BCUT2D eigenvalue weighted by atomic mass is 9.65. The van der Waals surface area contributed by atoms with E-state index in [9.17, 15) is 0 Å². The van der Waals surface area contributed by atoms with Gasteiger partial charge in [0.05, 0.1) is 12.5 Å². The molecule has 2 atom stereocenters. The molecule has 2 heteroatoms. The molecule has 2 nitrogen and oxygen atoms in total. The summed E-state index contributed by atoms with van der Waals surface area (Å²) >= 11 is 0. The number of hydrogen-bond acceptors (Lipinski definition) is 2. The first-order chi connectivity index (χ1) is 6.59. The predicted octanol–water partition coefficient (Wildman–Crippen LogP) is 2.90. The molecule has 0 bridgehead atoms. The molecule has 1 saturated carbocycles. The van der Waals surface area contributed by atoms with E-state index in [1.54, 1.807) is 6.26 Å². The first kappa shape index (κ1) is 9.78. The van der Waals surface area contributed by atoms with Crippen LogP contribution in [-0.4, -0.2) is 6.04 Å². The second-order valence-electron chi connectivity index (χ2n) is 5.13. The summed E-state index contributed by atoms with van der Waals surface area (Å²) in [4.78, 5) is 0. The van der Waals surface area contributed by atoms with Gasteiger partial charge in [-0.2, -0.15) is 0 Å². The third-order valence-corrected chi connectivity index (χ3v) is 3.59. The molecule has 1 heterocycles. The molecule has 0 spiro atoms. The second kappa shape index (κ2) is 3.43. The zero-order chi connectivity index (χ0) is 10.2. The van der Waals surface area contributed by atoms with Crippen LogP contribution in [0.1, 0.15) is 44.6 Å². The average molecular weight is 193 g/mol. The molecule has 2 unspecified atom stereocenters. The molecule has 14 heavy (non-hydrogen) atoms. The standard InChI is InChI=1S/C12H19NO/c1-12(2)5-3-10(13)7-11(12)9-4-6-14-8-9/h4,6,8,10-11H,3,5,7,13H2,1-2H3. The molecule has 78 valence electrons. The Morgan fingerprint density at radius 1 is 1.50 bits per heavy atom. The highest BCUT2D eigenvalue weighted by Gasteiger charge is 2.36. The molecule has 1 aliphatic rings. The first-order valence-corrected chi connectivity index (χ1v) is 5.37. The topological polar surface area (TPSA) is 39.2 Å². The van der Waals surface area contributed by atoms with Crippen molar-refractivity contribution in [1.29, 1.82) is 0 Å². The largest absolute Gasteiger partial charge is 0.472 e. The quantitative estimate of drug-likeness (QED) is 0.744. The molecule has 0 aromatic carbocycles. The smallest absolute Gasteiger partial charge is 0.0937 e. The van der Waals surface area contributed by atoms with Crippen molar-refractivity contribution in [3.05, 3.63) is 24.2 Å².